The lowest BCUT2D eigenvalue weighted by atomic mass is 10.2. The molecule has 0 radical (unpaired) electrons. The molecule has 0 aliphatic heterocycles. The van der Waals surface area contributed by atoms with Crippen molar-refractivity contribution < 1.29 is 0 Å². The first-order valence-corrected chi connectivity index (χ1v) is 8.77. The summed E-state index contributed by atoms with van der Waals surface area (Å²) in [6.07, 6.45) is 3.48. The SMILES string of the molecule is Clc1ccc(-c2nnc3sc(-c4cncc(Br)c4)nn23)c(Cl)c1. The molecule has 4 aromatic rings. The van der Waals surface area contributed by atoms with Crippen molar-refractivity contribution in [1.82, 2.24) is 24.8 Å². The van der Waals surface area contributed by atoms with Crippen LogP contribution < -0.4 is 0 Å². The van der Waals surface area contributed by atoms with E-state index < -0.39 is 0 Å². The van der Waals surface area contributed by atoms with Crippen LogP contribution in [0.4, 0.5) is 0 Å². The van der Waals surface area contributed by atoms with Gasteiger partial charge in [-0.1, -0.05) is 34.5 Å². The summed E-state index contributed by atoms with van der Waals surface area (Å²) in [5.74, 6) is 0.576. The van der Waals surface area contributed by atoms with Gasteiger partial charge in [0.1, 0.15) is 5.01 Å². The van der Waals surface area contributed by atoms with Crippen molar-refractivity contribution in [2.24, 2.45) is 0 Å². The third kappa shape index (κ3) is 2.74. The van der Waals surface area contributed by atoms with Gasteiger partial charge in [0, 0.05) is 33.0 Å². The molecule has 4 rings (SSSR count). The van der Waals surface area contributed by atoms with Gasteiger partial charge in [-0.05, 0) is 40.2 Å². The number of fused-ring (bicyclic) bond motifs is 1. The molecular formula is C14H6BrCl2N5S. The maximum Gasteiger partial charge on any atom is 0.235 e. The Kier molecular flexibility index (Phi) is 3.81. The first kappa shape index (κ1) is 15.0. The van der Waals surface area contributed by atoms with Crippen LogP contribution in [-0.2, 0) is 0 Å². The van der Waals surface area contributed by atoms with Crippen LogP contribution in [0.5, 0.6) is 0 Å². The number of benzene rings is 1. The molecule has 3 heterocycles. The molecule has 5 nitrogen and oxygen atoms in total. The molecule has 3 aromatic heterocycles. The van der Waals surface area contributed by atoms with E-state index in [4.69, 9.17) is 23.2 Å². The number of aromatic nitrogens is 5. The average Bonchev–Trinajstić information content (AvgIpc) is 3.08. The highest BCUT2D eigenvalue weighted by Gasteiger charge is 2.16. The molecule has 0 aliphatic carbocycles. The Balaban J connectivity index is 1.87. The molecule has 1 aromatic carbocycles. The van der Waals surface area contributed by atoms with E-state index in [-0.39, 0.29) is 0 Å². The second-order valence-electron chi connectivity index (χ2n) is 4.64. The van der Waals surface area contributed by atoms with E-state index in [1.54, 1.807) is 35.1 Å². The van der Waals surface area contributed by atoms with Crippen molar-refractivity contribution in [1.29, 1.82) is 0 Å². The van der Waals surface area contributed by atoms with E-state index in [1.807, 2.05) is 6.07 Å². The molecular weight excluding hydrogens is 421 g/mol. The fraction of sp³-hybridized carbons (Fsp3) is 0. The largest absolute Gasteiger partial charge is 0.263 e. The van der Waals surface area contributed by atoms with Crippen molar-refractivity contribution >= 4 is 55.4 Å². The lowest BCUT2D eigenvalue weighted by Gasteiger charge is -2.01. The molecule has 0 atom stereocenters. The Morgan fingerprint density at radius 1 is 1.09 bits per heavy atom. The van der Waals surface area contributed by atoms with Gasteiger partial charge in [0.05, 0.1) is 5.02 Å². The van der Waals surface area contributed by atoms with Gasteiger partial charge < -0.3 is 0 Å². The smallest absolute Gasteiger partial charge is 0.235 e. The average molecular weight is 427 g/mol. The molecule has 0 unspecified atom stereocenters. The Hall–Kier alpha value is -1.54. The zero-order chi connectivity index (χ0) is 16.0. The van der Waals surface area contributed by atoms with Gasteiger partial charge >= 0.3 is 0 Å². The van der Waals surface area contributed by atoms with E-state index in [9.17, 15) is 0 Å². The summed E-state index contributed by atoms with van der Waals surface area (Å²) in [6.45, 7) is 0. The minimum absolute atomic E-state index is 0.505. The molecule has 0 bridgehead atoms. The minimum atomic E-state index is 0.505. The highest BCUT2D eigenvalue weighted by atomic mass is 79.9. The quantitative estimate of drug-likeness (QED) is 0.453. The molecule has 0 saturated carbocycles. The van der Waals surface area contributed by atoms with Gasteiger partial charge in [-0.25, -0.2) is 0 Å². The van der Waals surface area contributed by atoms with Crippen LogP contribution in [0.1, 0.15) is 0 Å². The topological polar surface area (TPSA) is 56.0 Å². The number of halogens is 3. The number of rotatable bonds is 2. The van der Waals surface area contributed by atoms with E-state index in [0.29, 0.717) is 20.8 Å². The standard InChI is InChI=1S/C14H6BrCl2N5S/c15-8-3-7(5-18-6-8)13-21-22-12(19-20-14(22)23-13)10-2-1-9(16)4-11(10)17/h1-6H. The summed E-state index contributed by atoms with van der Waals surface area (Å²) in [4.78, 5) is 4.84. The third-order valence-corrected chi connectivity index (χ3v) is 5.04. The predicted molar refractivity (Wildman–Crippen MR) is 95.0 cm³/mol. The molecule has 9 heteroatoms. The fourth-order valence-corrected chi connectivity index (χ4v) is 3.78. The van der Waals surface area contributed by atoms with Crippen LogP contribution in [0.3, 0.4) is 0 Å². The van der Waals surface area contributed by atoms with Gasteiger partial charge in [-0.2, -0.15) is 9.61 Å². The number of nitrogens with zero attached hydrogens (tertiary/aromatic N) is 5. The summed E-state index contributed by atoms with van der Waals surface area (Å²) in [5.41, 5.74) is 1.64. The molecule has 114 valence electrons. The van der Waals surface area contributed by atoms with Crippen LogP contribution in [0.2, 0.25) is 10.0 Å². The second kappa shape index (κ2) is 5.83. The predicted octanol–water partition coefficient (Wildman–Crippen LogP) is 4.98. The molecule has 0 fully saturated rings. The summed E-state index contributed by atoms with van der Waals surface area (Å²) in [7, 11) is 0. The zero-order valence-corrected chi connectivity index (χ0v) is 15.2. The molecule has 23 heavy (non-hydrogen) atoms. The summed E-state index contributed by atoms with van der Waals surface area (Å²) >= 11 is 17.0. The van der Waals surface area contributed by atoms with Gasteiger partial charge in [0.25, 0.3) is 0 Å². The first-order valence-electron chi connectivity index (χ1n) is 6.40. The third-order valence-electron chi connectivity index (χ3n) is 3.11. The Morgan fingerprint density at radius 2 is 1.96 bits per heavy atom. The van der Waals surface area contributed by atoms with Gasteiger partial charge in [0.15, 0.2) is 5.82 Å². The van der Waals surface area contributed by atoms with Gasteiger partial charge in [-0.3, -0.25) is 4.98 Å². The maximum absolute atomic E-state index is 6.26. The Bertz CT molecular complexity index is 1030. The second-order valence-corrected chi connectivity index (χ2v) is 7.36. The van der Waals surface area contributed by atoms with Crippen molar-refractivity contribution in [3.63, 3.8) is 0 Å². The fourth-order valence-electron chi connectivity index (χ4n) is 2.10. The summed E-state index contributed by atoms with van der Waals surface area (Å²) in [6, 6.07) is 7.19. The van der Waals surface area contributed by atoms with E-state index in [0.717, 1.165) is 20.6 Å². The highest BCUT2D eigenvalue weighted by Crippen LogP contribution is 2.32. The van der Waals surface area contributed by atoms with Crippen molar-refractivity contribution in [3.05, 3.63) is 51.2 Å². The van der Waals surface area contributed by atoms with Crippen LogP contribution in [0.15, 0.2) is 41.1 Å². The Morgan fingerprint density at radius 3 is 2.74 bits per heavy atom. The van der Waals surface area contributed by atoms with Gasteiger partial charge in [0.2, 0.25) is 4.96 Å². The van der Waals surface area contributed by atoms with Crippen LogP contribution in [0.25, 0.3) is 26.9 Å². The van der Waals surface area contributed by atoms with E-state index in [2.05, 4.69) is 36.2 Å². The van der Waals surface area contributed by atoms with Crippen LogP contribution in [-0.4, -0.2) is 24.8 Å². The molecule has 0 saturated heterocycles. The summed E-state index contributed by atoms with van der Waals surface area (Å²) < 4.78 is 2.57. The monoisotopic (exact) mass is 425 g/mol. The molecule has 0 amide bonds. The maximum atomic E-state index is 6.26. The number of hydrogen-bond acceptors (Lipinski definition) is 5. The zero-order valence-electron chi connectivity index (χ0n) is 11.2. The van der Waals surface area contributed by atoms with Crippen LogP contribution >= 0.6 is 50.5 Å². The lowest BCUT2D eigenvalue weighted by Crippen LogP contribution is -1.92. The lowest BCUT2D eigenvalue weighted by molar-refractivity contribution is 0.970. The molecule has 0 N–H and O–H groups in total. The van der Waals surface area contributed by atoms with E-state index >= 15 is 0 Å². The number of hydrogen-bond donors (Lipinski definition) is 0. The first-order chi connectivity index (χ1) is 11.1. The summed E-state index contributed by atoms with van der Waals surface area (Å²) in [5, 5.41) is 14.8. The van der Waals surface area contributed by atoms with Crippen molar-refractivity contribution in [3.8, 4) is 22.0 Å². The molecule has 0 aliphatic rings. The molecule has 0 spiro atoms. The van der Waals surface area contributed by atoms with Crippen molar-refractivity contribution in [2.45, 2.75) is 0 Å². The number of pyridine rings is 1. The van der Waals surface area contributed by atoms with Gasteiger partial charge in [-0.15, -0.1) is 10.2 Å². The highest BCUT2D eigenvalue weighted by molar-refractivity contribution is 9.10. The normalized spacial score (nSPS) is 11.3. The minimum Gasteiger partial charge on any atom is -0.263 e. The Labute approximate surface area is 153 Å². The van der Waals surface area contributed by atoms with E-state index in [1.165, 1.54) is 11.3 Å². The van der Waals surface area contributed by atoms with Crippen molar-refractivity contribution in [2.75, 3.05) is 0 Å². The van der Waals surface area contributed by atoms with Crippen LogP contribution in [0, 0.1) is 0 Å².